The Morgan fingerprint density at radius 1 is 1.17 bits per heavy atom. The number of urea groups is 1. The van der Waals surface area contributed by atoms with Gasteiger partial charge in [0.15, 0.2) is 0 Å². The van der Waals surface area contributed by atoms with Crippen molar-refractivity contribution in [2.45, 2.75) is 13.5 Å². The lowest BCUT2D eigenvalue weighted by Gasteiger charge is -2.13. The van der Waals surface area contributed by atoms with Crippen molar-refractivity contribution in [3.8, 4) is 11.5 Å². The van der Waals surface area contributed by atoms with Crippen LogP contribution in [0, 0.1) is 0 Å². The summed E-state index contributed by atoms with van der Waals surface area (Å²) < 4.78 is 10.7. The maximum Gasteiger partial charge on any atom is 0.319 e. The fourth-order valence-corrected chi connectivity index (χ4v) is 2.24. The zero-order chi connectivity index (χ0) is 16.7. The zero-order valence-corrected chi connectivity index (χ0v) is 13.8. The van der Waals surface area contributed by atoms with Crippen molar-refractivity contribution in [1.82, 2.24) is 5.32 Å². The molecule has 2 aromatic carbocycles. The first-order valence-corrected chi connectivity index (χ1v) is 7.61. The molecule has 23 heavy (non-hydrogen) atoms. The Bertz CT molecular complexity index is 677. The Labute approximate surface area is 140 Å². The number of methoxy groups -OCH3 is 1. The van der Waals surface area contributed by atoms with Crippen molar-refractivity contribution in [3.05, 3.63) is 53.1 Å². The lowest BCUT2D eigenvalue weighted by molar-refractivity contribution is 0.251. The largest absolute Gasteiger partial charge is 0.495 e. The van der Waals surface area contributed by atoms with Gasteiger partial charge in [0.1, 0.15) is 11.5 Å². The lowest BCUT2D eigenvalue weighted by Crippen LogP contribution is -2.28. The van der Waals surface area contributed by atoms with Crippen LogP contribution in [-0.4, -0.2) is 19.7 Å². The molecule has 2 N–H and O–H groups in total. The minimum absolute atomic E-state index is 0.350. The molecule has 5 nitrogen and oxygen atoms in total. The lowest BCUT2D eigenvalue weighted by atomic mass is 10.2. The number of hydrogen-bond acceptors (Lipinski definition) is 3. The summed E-state index contributed by atoms with van der Waals surface area (Å²) in [6.07, 6.45) is 0. The van der Waals surface area contributed by atoms with E-state index in [2.05, 4.69) is 10.6 Å². The Morgan fingerprint density at radius 3 is 2.70 bits per heavy atom. The minimum atomic E-state index is -0.350. The number of amides is 2. The average Bonchev–Trinajstić information content (AvgIpc) is 2.54. The van der Waals surface area contributed by atoms with Crippen molar-refractivity contribution < 1.29 is 14.3 Å². The molecule has 0 saturated carbocycles. The van der Waals surface area contributed by atoms with E-state index in [4.69, 9.17) is 21.1 Å². The van der Waals surface area contributed by atoms with E-state index in [-0.39, 0.29) is 6.03 Å². The van der Waals surface area contributed by atoms with Crippen LogP contribution in [0.5, 0.6) is 11.5 Å². The third-order valence-electron chi connectivity index (χ3n) is 3.12. The molecule has 0 aliphatic rings. The third kappa shape index (κ3) is 4.79. The summed E-state index contributed by atoms with van der Waals surface area (Å²) in [5.74, 6) is 1.30. The maximum atomic E-state index is 12.1. The SMILES string of the molecule is CCOc1ccccc1CNC(=O)Nc1cc(Cl)ccc1OC. The van der Waals surface area contributed by atoms with Gasteiger partial charge in [-0.05, 0) is 31.2 Å². The van der Waals surface area contributed by atoms with E-state index >= 15 is 0 Å². The Morgan fingerprint density at radius 2 is 1.96 bits per heavy atom. The smallest absolute Gasteiger partial charge is 0.319 e. The predicted octanol–water partition coefficient (Wildman–Crippen LogP) is 4.07. The molecule has 0 spiro atoms. The van der Waals surface area contributed by atoms with Gasteiger partial charge in [0, 0.05) is 17.1 Å². The predicted molar refractivity (Wildman–Crippen MR) is 91.5 cm³/mol. The van der Waals surface area contributed by atoms with E-state index in [1.54, 1.807) is 18.2 Å². The normalized spacial score (nSPS) is 10.0. The number of hydrogen-bond donors (Lipinski definition) is 2. The first-order valence-electron chi connectivity index (χ1n) is 7.23. The molecule has 122 valence electrons. The summed E-state index contributed by atoms with van der Waals surface area (Å²) in [7, 11) is 1.53. The van der Waals surface area contributed by atoms with Crippen LogP contribution in [-0.2, 0) is 6.54 Å². The molecule has 0 aliphatic carbocycles. The van der Waals surface area contributed by atoms with E-state index < -0.39 is 0 Å². The quantitative estimate of drug-likeness (QED) is 0.837. The van der Waals surface area contributed by atoms with E-state index in [0.29, 0.717) is 29.6 Å². The van der Waals surface area contributed by atoms with Crippen LogP contribution in [0.25, 0.3) is 0 Å². The maximum absolute atomic E-state index is 12.1. The van der Waals surface area contributed by atoms with Gasteiger partial charge in [0.2, 0.25) is 0 Å². The van der Waals surface area contributed by atoms with Crippen molar-refractivity contribution in [2.24, 2.45) is 0 Å². The molecule has 0 unspecified atom stereocenters. The molecular weight excluding hydrogens is 316 g/mol. The van der Waals surface area contributed by atoms with Crippen molar-refractivity contribution >= 4 is 23.3 Å². The molecule has 2 rings (SSSR count). The Kier molecular flexibility index (Phi) is 6.11. The third-order valence-corrected chi connectivity index (χ3v) is 3.36. The van der Waals surface area contributed by atoms with Crippen LogP contribution in [0.2, 0.25) is 5.02 Å². The standard InChI is InChI=1S/C17H19ClN2O3/c1-3-23-15-7-5-4-6-12(15)11-19-17(21)20-14-10-13(18)8-9-16(14)22-2/h4-10H,3,11H2,1-2H3,(H2,19,20,21). The molecule has 6 heteroatoms. The number of ether oxygens (including phenoxy) is 2. The second-order valence-electron chi connectivity index (χ2n) is 4.69. The summed E-state index contributed by atoms with van der Waals surface area (Å²) in [5, 5.41) is 6.03. The van der Waals surface area contributed by atoms with Crippen LogP contribution in [0.3, 0.4) is 0 Å². The van der Waals surface area contributed by atoms with Crippen LogP contribution < -0.4 is 20.1 Å². The Hall–Kier alpha value is -2.40. The van der Waals surface area contributed by atoms with Gasteiger partial charge in [-0.1, -0.05) is 29.8 Å². The van der Waals surface area contributed by atoms with Crippen molar-refractivity contribution in [3.63, 3.8) is 0 Å². The number of nitrogens with one attached hydrogen (secondary N) is 2. The number of rotatable bonds is 6. The number of benzene rings is 2. The van der Waals surface area contributed by atoms with Gasteiger partial charge in [-0.15, -0.1) is 0 Å². The van der Waals surface area contributed by atoms with Crippen LogP contribution in [0.1, 0.15) is 12.5 Å². The average molecular weight is 335 g/mol. The minimum Gasteiger partial charge on any atom is -0.495 e. The van der Waals surface area contributed by atoms with Gasteiger partial charge in [-0.3, -0.25) is 0 Å². The van der Waals surface area contributed by atoms with Gasteiger partial charge in [0.25, 0.3) is 0 Å². The molecule has 2 amide bonds. The monoisotopic (exact) mass is 334 g/mol. The van der Waals surface area contributed by atoms with E-state index in [9.17, 15) is 4.79 Å². The van der Waals surface area contributed by atoms with Crippen molar-refractivity contribution in [1.29, 1.82) is 0 Å². The summed E-state index contributed by atoms with van der Waals surface area (Å²) in [5.41, 5.74) is 1.41. The second kappa shape index (κ2) is 8.29. The number of halogens is 1. The van der Waals surface area contributed by atoms with Crippen LogP contribution in [0.4, 0.5) is 10.5 Å². The molecule has 0 aromatic heterocycles. The van der Waals surface area contributed by atoms with Gasteiger partial charge < -0.3 is 20.1 Å². The fourth-order valence-electron chi connectivity index (χ4n) is 2.07. The molecule has 0 saturated heterocycles. The van der Waals surface area contributed by atoms with Gasteiger partial charge >= 0.3 is 6.03 Å². The summed E-state index contributed by atoms with van der Waals surface area (Å²) in [6.45, 7) is 2.84. The van der Waals surface area contributed by atoms with Crippen molar-refractivity contribution in [2.75, 3.05) is 19.0 Å². The highest BCUT2D eigenvalue weighted by atomic mass is 35.5. The number of anilines is 1. The molecule has 0 radical (unpaired) electrons. The molecule has 0 fully saturated rings. The Balaban J connectivity index is 2.00. The van der Waals surface area contributed by atoms with E-state index in [0.717, 1.165) is 11.3 Å². The highest BCUT2D eigenvalue weighted by Gasteiger charge is 2.09. The number of carbonyl (C=O) groups excluding carboxylic acids is 1. The molecule has 0 atom stereocenters. The molecule has 0 heterocycles. The summed E-state index contributed by atoms with van der Waals surface area (Å²) in [6, 6.07) is 12.3. The summed E-state index contributed by atoms with van der Waals surface area (Å²) in [4.78, 5) is 12.1. The van der Waals surface area contributed by atoms with Gasteiger partial charge in [-0.2, -0.15) is 0 Å². The highest BCUT2D eigenvalue weighted by molar-refractivity contribution is 6.31. The summed E-state index contributed by atoms with van der Waals surface area (Å²) >= 11 is 5.94. The second-order valence-corrected chi connectivity index (χ2v) is 5.13. The van der Waals surface area contributed by atoms with Crippen LogP contribution >= 0.6 is 11.6 Å². The van der Waals surface area contributed by atoms with Gasteiger partial charge in [-0.25, -0.2) is 4.79 Å². The first kappa shape index (κ1) is 17.0. The van der Waals surface area contributed by atoms with E-state index in [1.165, 1.54) is 7.11 Å². The number of carbonyl (C=O) groups is 1. The fraction of sp³-hybridized carbons (Fsp3) is 0.235. The highest BCUT2D eigenvalue weighted by Crippen LogP contribution is 2.27. The molecular formula is C17H19ClN2O3. The van der Waals surface area contributed by atoms with Gasteiger partial charge in [0.05, 0.1) is 19.4 Å². The molecule has 2 aromatic rings. The zero-order valence-electron chi connectivity index (χ0n) is 13.1. The first-order chi connectivity index (χ1) is 11.1. The topological polar surface area (TPSA) is 59.6 Å². The molecule has 0 bridgehead atoms. The van der Waals surface area contributed by atoms with E-state index in [1.807, 2.05) is 31.2 Å². The number of para-hydroxylation sites is 1. The van der Waals surface area contributed by atoms with Crippen LogP contribution in [0.15, 0.2) is 42.5 Å². The molecule has 0 aliphatic heterocycles.